The van der Waals surface area contributed by atoms with Gasteiger partial charge in [-0.3, -0.25) is 0 Å². The summed E-state index contributed by atoms with van der Waals surface area (Å²) in [7, 11) is 0. The summed E-state index contributed by atoms with van der Waals surface area (Å²) in [5, 5.41) is 8.29. The first-order valence-corrected chi connectivity index (χ1v) is 7.08. The average Bonchev–Trinajstić information content (AvgIpc) is 3.14. The Hall–Kier alpha value is -2.54. The Balaban J connectivity index is 1.77. The van der Waals surface area contributed by atoms with E-state index in [0.717, 1.165) is 15.7 Å². The van der Waals surface area contributed by atoms with Gasteiger partial charge < -0.3 is 4.98 Å². The highest BCUT2D eigenvalue weighted by atomic mass is 79.9. The number of aromatic amines is 1. The molecular formula is C14H9BrN6. The van der Waals surface area contributed by atoms with Crippen molar-refractivity contribution in [2.24, 2.45) is 0 Å². The van der Waals surface area contributed by atoms with Crippen LogP contribution in [0.5, 0.6) is 0 Å². The third-order valence-electron chi connectivity index (χ3n) is 3.06. The van der Waals surface area contributed by atoms with Crippen molar-refractivity contribution in [2.75, 3.05) is 0 Å². The van der Waals surface area contributed by atoms with E-state index in [1.54, 1.807) is 10.9 Å². The molecule has 6 nitrogen and oxygen atoms in total. The molecule has 0 aliphatic heterocycles. The first-order valence-electron chi connectivity index (χ1n) is 6.29. The van der Waals surface area contributed by atoms with Crippen molar-refractivity contribution in [2.45, 2.75) is 0 Å². The van der Waals surface area contributed by atoms with Crippen LogP contribution in [-0.2, 0) is 0 Å². The van der Waals surface area contributed by atoms with Crippen molar-refractivity contribution in [3.8, 4) is 17.2 Å². The van der Waals surface area contributed by atoms with Gasteiger partial charge in [-0.15, -0.1) is 5.10 Å². The van der Waals surface area contributed by atoms with Crippen LogP contribution >= 0.6 is 15.9 Å². The molecule has 102 valence electrons. The van der Waals surface area contributed by atoms with E-state index in [1.165, 1.54) is 0 Å². The lowest BCUT2D eigenvalue weighted by atomic mass is 10.3. The zero-order chi connectivity index (χ0) is 14.2. The summed E-state index contributed by atoms with van der Waals surface area (Å²) in [6.07, 6.45) is 3.55. The number of nitrogens with zero attached hydrogens (tertiary/aromatic N) is 5. The molecule has 3 heterocycles. The molecule has 4 rings (SSSR count). The Morgan fingerprint density at radius 2 is 2.00 bits per heavy atom. The van der Waals surface area contributed by atoms with E-state index in [4.69, 9.17) is 0 Å². The van der Waals surface area contributed by atoms with E-state index < -0.39 is 0 Å². The fourth-order valence-corrected chi connectivity index (χ4v) is 2.41. The Morgan fingerprint density at radius 1 is 1.14 bits per heavy atom. The van der Waals surface area contributed by atoms with Gasteiger partial charge in [0.1, 0.15) is 5.69 Å². The van der Waals surface area contributed by atoms with Crippen LogP contribution in [0.25, 0.3) is 28.4 Å². The summed E-state index contributed by atoms with van der Waals surface area (Å²) in [6.45, 7) is 0. The number of pyridine rings is 1. The monoisotopic (exact) mass is 340 g/mol. The van der Waals surface area contributed by atoms with E-state index in [0.29, 0.717) is 17.2 Å². The summed E-state index contributed by atoms with van der Waals surface area (Å²) < 4.78 is 2.62. The van der Waals surface area contributed by atoms with Crippen molar-refractivity contribution in [3.05, 3.63) is 53.3 Å². The van der Waals surface area contributed by atoms with Crippen LogP contribution in [0.1, 0.15) is 0 Å². The third-order valence-corrected chi connectivity index (χ3v) is 3.49. The number of hydrogen-bond acceptors (Lipinski definition) is 4. The molecule has 0 saturated heterocycles. The lowest BCUT2D eigenvalue weighted by molar-refractivity contribution is 0.803. The first kappa shape index (κ1) is 12.2. The number of nitrogens with one attached hydrogen (secondary N) is 1. The van der Waals surface area contributed by atoms with Crippen LogP contribution in [0, 0.1) is 0 Å². The highest BCUT2D eigenvalue weighted by molar-refractivity contribution is 9.10. The molecule has 4 aromatic rings. The second-order valence-corrected chi connectivity index (χ2v) is 5.41. The molecular weight excluding hydrogens is 332 g/mol. The van der Waals surface area contributed by atoms with E-state index in [-0.39, 0.29) is 0 Å². The summed E-state index contributed by atoms with van der Waals surface area (Å²) in [4.78, 5) is 11.9. The van der Waals surface area contributed by atoms with Crippen LogP contribution in [0.2, 0.25) is 0 Å². The van der Waals surface area contributed by atoms with Gasteiger partial charge in [-0.1, -0.05) is 23.4 Å². The number of H-pyrrole nitrogens is 1. The van der Waals surface area contributed by atoms with E-state index in [2.05, 4.69) is 41.2 Å². The third kappa shape index (κ3) is 2.21. The molecule has 0 saturated carbocycles. The standard InChI is InChI=1S/C14H9BrN6/c15-9-6-11-13(16-7-9)18-14(17-11)12-8-21(20-19-12)10-4-2-1-3-5-10/h1-8H,(H,16,17,18). The molecule has 0 radical (unpaired) electrons. The topological polar surface area (TPSA) is 72.3 Å². The maximum atomic E-state index is 4.43. The maximum absolute atomic E-state index is 4.43. The minimum absolute atomic E-state index is 0.651. The van der Waals surface area contributed by atoms with Gasteiger partial charge in [0.2, 0.25) is 0 Å². The average molecular weight is 341 g/mol. The van der Waals surface area contributed by atoms with Gasteiger partial charge in [0.05, 0.1) is 17.4 Å². The molecule has 3 aromatic heterocycles. The van der Waals surface area contributed by atoms with Crippen molar-refractivity contribution in [1.29, 1.82) is 0 Å². The summed E-state index contributed by atoms with van der Waals surface area (Å²) in [5.74, 6) is 0.651. The quantitative estimate of drug-likeness (QED) is 0.608. The van der Waals surface area contributed by atoms with E-state index in [1.807, 2.05) is 42.6 Å². The number of benzene rings is 1. The highest BCUT2D eigenvalue weighted by Gasteiger charge is 2.11. The predicted molar refractivity (Wildman–Crippen MR) is 81.9 cm³/mol. The molecule has 0 aliphatic carbocycles. The van der Waals surface area contributed by atoms with Crippen LogP contribution in [0.3, 0.4) is 0 Å². The molecule has 1 N–H and O–H groups in total. The SMILES string of the molecule is Brc1cnc2nc(-c3cn(-c4ccccc4)nn3)[nH]c2c1. The molecule has 0 atom stereocenters. The second-order valence-electron chi connectivity index (χ2n) is 4.49. The van der Waals surface area contributed by atoms with Crippen LogP contribution < -0.4 is 0 Å². The minimum atomic E-state index is 0.651. The predicted octanol–water partition coefficient (Wildman–Crippen LogP) is 2.97. The Bertz CT molecular complexity index is 912. The molecule has 0 amide bonds. The zero-order valence-electron chi connectivity index (χ0n) is 10.7. The van der Waals surface area contributed by atoms with Crippen LogP contribution in [0.15, 0.2) is 53.3 Å². The Labute approximate surface area is 128 Å². The van der Waals surface area contributed by atoms with Gasteiger partial charge in [0.25, 0.3) is 0 Å². The number of fused-ring (bicyclic) bond motifs is 1. The lowest BCUT2D eigenvalue weighted by Crippen LogP contribution is -1.93. The van der Waals surface area contributed by atoms with Gasteiger partial charge in [0.15, 0.2) is 11.5 Å². The number of para-hydroxylation sites is 1. The molecule has 0 unspecified atom stereocenters. The van der Waals surface area contributed by atoms with Crippen LogP contribution in [-0.4, -0.2) is 29.9 Å². The van der Waals surface area contributed by atoms with Gasteiger partial charge in [-0.2, -0.15) is 0 Å². The minimum Gasteiger partial charge on any atom is -0.335 e. The van der Waals surface area contributed by atoms with Crippen molar-refractivity contribution < 1.29 is 0 Å². The summed E-state index contributed by atoms with van der Waals surface area (Å²) >= 11 is 3.39. The van der Waals surface area contributed by atoms with Gasteiger partial charge in [-0.05, 0) is 34.1 Å². The van der Waals surface area contributed by atoms with Crippen LogP contribution in [0.4, 0.5) is 0 Å². The second kappa shape index (κ2) is 4.78. The maximum Gasteiger partial charge on any atom is 0.178 e. The van der Waals surface area contributed by atoms with Gasteiger partial charge in [0, 0.05) is 10.7 Å². The van der Waals surface area contributed by atoms with Crippen molar-refractivity contribution in [3.63, 3.8) is 0 Å². The summed E-state index contributed by atoms with van der Waals surface area (Å²) in [5.41, 5.74) is 3.14. The fourth-order valence-electron chi connectivity index (χ4n) is 2.08. The lowest BCUT2D eigenvalue weighted by Gasteiger charge is -1.96. The highest BCUT2D eigenvalue weighted by Crippen LogP contribution is 2.20. The van der Waals surface area contributed by atoms with Gasteiger partial charge >= 0.3 is 0 Å². The zero-order valence-corrected chi connectivity index (χ0v) is 12.3. The normalized spacial score (nSPS) is 11.1. The Morgan fingerprint density at radius 3 is 2.86 bits per heavy atom. The molecule has 0 spiro atoms. The largest absolute Gasteiger partial charge is 0.335 e. The molecule has 1 aromatic carbocycles. The number of hydrogen-bond donors (Lipinski definition) is 1. The molecule has 0 aliphatic rings. The Kier molecular flexibility index (Phi) is 2.78. The number of imidazole rings is 1. The van der Waals surface area contributed by atoms with Gasteiger partial charge in [-0.25, -0.2) is 14.6 Å². The number of rotatable bonds is 2. The first-order chi connectivity index (χ1) is 10.3. The van der Waals surface area contributed by atoms with E-state index in [9.17, 15) is 0 Å². The van der Waals surface area contributed by atoms with Crippen molar-refractivity contribution in [1.82, 2.24) is 29.9 Å². The number of halogens is 1. The fraction of sp³-hybridized carbons (Fsp3) is 0. The molecule has 21 heavy (non-hydrogen) atoms. The van der Waals surface area contributed by atoms with E-state index >= 15 is 0 Å². The smallest absolute Gasteiger partial charge is 0.178 e. The van der Waals surface area contributed by atoms with Crippen molar-refractivity contribution >= 4 is 27.1 Å². The molecule has 0 bridgehead atoms. The number of aromatic nitrogens is 6. The summed E-state index contributed by atoms with van der Waals surface area (Å²) in [6, 6.07) is 11.7. The molecule has 7 heteroatoms. The molecule has 0 fully saturated rings.